The standard InChI is InChI=1S/C19H36N6S/c1-4-20-18(22-15-17-16-26-19(23-17)24(2)3)21-11-7-5-8-12-25-13-9-6-10-14-25/h16H,4-15H2,1-3H3,(H2,20,21,22). The summed E-state index contributed by atoms with van der Waals surface area (Å²) in [5.41, 5.74) is 1.03. The van der Waals surface area contributed by atoms with E-state index in [9.17, 15) is 0 Å². The minimum absolute atomic E-state index is 0.620. The molecule has 0 atom stereocenters. The molecule has 6 nitrogen and oxygen atoms in total. The summed E-state index contributed by atoms with van der Waals surface area (Å²) >= 11 is 1.66. The zero-order chi connectivity index (χ0) is 18.6. The topological polar surface area (TPSA) is 55.8 Å². The Morgan fingerprint density at radius 2 is 2.00 bits per heavy atom. The molecule has 7 heteroatoms. The van der Waals surface area contributed by atoms with E-state index in [1.807, 2.05) is 19.0 Å². The predicted octanol–water partition coefficient (Wildman–Crippen LogP) is 2.92. The van der Waals surface area contributed by atoms with Crippen molar-refractivity contribution in [3.63, 3.8) is 0 Å². The second-order valence-electron chi connectivity index (χ2n) is 7.10. The Morgan fingerprint density at radius 1 is 1.19 bits per heavy atom. The fraction of sp³-hybridized carbons (Fsp3) is 0.789. The third-order valence-corrected chi connectivity index (χ3v) is 5.62. The van der Waals surface area contributed by atoms with Crippen LogP contribution in [0.4, 0.5) is 5.13 Å². The van der Waals surface area contributed by atoms with Crippen LogP contribution in [0.1, 0.15) is 51.1 Å². The van der Waals surface area contributed by atoms with Crippen molar-refractivity contribution >= 4 is 22.4 Å². The Morgan fingerprint density at radius 3 is 2.69 bits per heavy atom. The number of thiazole rings is 1. The van der Waals surface area contributed by atoms with Crippen LogP contribution in [-0.2, 0) is 6.54 Å². The van der Waals surface area contributed by atoms with Gasteiger partial charge in [-0.1, -0.05) is 12.8 Å². The van der Waals surface area contributed by atoms with Crippen molar-refractivity contribution in [3.8, 4) is 0 Å². The molecule has 148 valence electrons. The Bertz CT molecular complexity index is 522. The normalized spacial score (nSPS) is 15.9. The van der Waals surface area contributed by atoms with E-state index in [1.54, 1.807) is 11.3 Å². The number of unbranched alkanes of at least 4 members (excludes halogenated alkanes) is 2. The number of nitrogens with zero attached hydrogens (tertiary/aromatic N) is 4. The van der Waals surface area contributed by atoms with Crippen molar-refractivity contribution in [2.24, 2.45) is 4.99 Å². The molecule has 0 bridgehead atoms. The number of aromatic nitrogens is 1. The molecule has 0 aliphatic carbocycles. The lowest BCUT2D eigenvalue weighted by Gasteiger charge is -2.26. The van der Waals surface area contributed by atoms with Crippen molar-refractivity contribution in [2.45, 2.75) is 52.0 Å². The number of piperidine rings is 1. The first-order valence-electron chi connectivity index (χ1n) is 10.1. The molecule has 1 aromatic rings. The molecule has 0 amide bonds. The predicted molar refractivity (Wildman–Crippen MR) is 113 cm³/mol. The molecule has 1 aromatic heterocycles. The number of anilines is 1. The van der Waals surface area contributed by atoms with Crippen LogP contribution in [0, 0.1) is 0 Å². The third-order valence-electron chi connectivity index (χ3n) is 4.56. The second-order valence-corrected chi connectivity index (χ2v) is 7.94. The smallest absolute Gasteiger partial charge is 0.191 e. The molecule has 0 spiro atoms. The molecule has 1 fully saturated rings. The molecule has 1 aliphatic rings. The summed E-state index contributed by atoms with van der Waals surface area (Å²) in [4.78, 5) is 13.9. The molecule has 2 rings (SSSR count). The second kappa shape index (κ2) is 12.1. The van der Waals surface area contributed by atoms with Gasteiger partial charge in [0, 0.05) is 32.6 Å². The molecular formula is C19H36N6S. The summed E-state index contributed by atoms with van der Waals surface area (Å²) in [6.45, 7) is 8.46. The van der Waals surface area contributed by atoms with Gasteiger partial charge in [0.25, 0.3) is 0 Å². The highest BCUT2D eigenvalue weighted by Crippen LogP contribution is 2.18. The van der Waals surface area contributed by atoms with E-state index in [0.29, 0.717) is 6.54 Å². The number of hydrogen-bond donors (Lipinski definition) is 2. The van der Waals surface area contributed by atoms with Gasteiger partial charge in [-0.2, -0.15) is 0 Å². The monoisotopic (exact) mass is 380 g/mol. The van der Waals surface area contributed by atoms with Crippen LogP contribution in [-0.4, -0.2) is 62.7 Å². The van der Waals surface area contributed by atoms with Crippen LogP contribution in [0.2, 0.25) is 0 Å². The third kappa shape index (κ3) is 7.91. The average Bonchev–Trinajstić information content (AvgIpc) is 3.12. The van der Waals surface area contributed by atoms with Gasteiger partial charge in [0.1, 0.15) is 0 Å². The number of hydrogen-bond acceptors (Lipinski definition) is 5. The molecule has 2 N–H and O–H groups in total. The van der Waals surface area contributed by atoms with Gasteiger partial charge in [-0.3, -0.25) is 0 Å². The lowest BCUT2D eigenvalue weighted by atomic mass is 10.1. The molecule has 1 saturated heterocycles. The Kier molecular flexibility index (Phi) is 9.77. The van der Waals surface area contributed by atoms with E-state index in [0.717, 1.165) is 29.9 Å². The molecule has 0 radical (unpaired) electrons. The van der Waals surface area contributed by atoms with Gasteiger partial charge in [-0.25, -0.2) is 9.98 Å². The zero-order valence-corrected chi connectivity index (χ0v) is 17.6. The first-order valence-corrected chi connectivity index (χ1v) is 10.9. The summed E-state index contributed by atoms with van der Waals surface area (Å²) in [5, 5.41) is 9.89. The first-order chi connectivity index (χ1) is 12.7. The van der Waals surface area contributed by atoms with Crippen molar-refractivity contribution in [3.05, 3.63) is 11.1 Å². The van der Waals surface area contributed by atoms with Gasteiger partial charge in [0.05, 0.1) is 12.2 Å². The van der Waals surface area contributed by atoms with Crippen LogP contribution >= 0.6 is 11.3 Å². The number of guanidine groups is 1. The SMILES string of the molecule is CCNC(=NCc1csc(N(C)C)n1)NCCCCCN1CCCCC1. The van der Waals surface area contributed by atoms with Gasteiger partial charge >= 0.3 is 0 Å². The molecule has 0 saturated carbocycles. The van der Waals surface area contributed by atoms with E-state index in [2.05, 4.69) is 37.8 Å². The van der Waals surface area contributed by atoms with E-state index in [-0.39, 0.29) is 0 Å². The summed E-state index contributed by atoms with van der Waals surface area (Å²) in [6, 6.07) is 0. The van der Waals surface area contributed by atoms with E-state index < -0.39 is 0 Å². The number of aliphatic imine (C=N–C) groups is 1. The fourth-order valence-corrected chi connectivity index (χ4v) is 3.85. The molecule has 2 heterocycles. The van der Waals surface area contributed by atoms with Gasteiger partial charge in [-0.15, -0.1) is 11.3 Å². The molecular weight excluding hydrogens is 344 g/mol. The number of likely N-dealkylation sites (tertiary alicyclic amines) is 1. The minimum Gasteiger partial charge on any atom is -0.357 e. The number of nitrogens with one attached hydrogen (secondary N) is 2. The van der Waals surface area contributed by atoms with Gasteiger partial charge in [0.15, 0.2) is 11.1 Å². The maximum atomic E-state index is 4.66. The minimum atomic E-state index is 0.620. The summed E-state index contributed by atoms with van der Waals surface area (Å²) in [5.74, 6) is 0.892. The lowest BCUT2D eigenvalue weighted by molar-refractivity contribution is 0.224. The summed E-state index contributed by atoms with van der Waals surface area (Å²) in [6.07, 6.45) is 7.98. The van der Waals surface area contributed by atoms with Crippen LogP contribution in [0.3, 0.4) is 0 Å². The fourth-order valence-electron chi connectivity index (χ4n) is 3.10. The van der Waals surface area contributed by atoms with Crippen molar-refractivity contribution in [2.75, 3.05) is 51.7 Å². The zero-order valence-electron chi connectivity index (χ0n) is 16.8. The van der Waals surface area contributed by atoms with Crippen LogP contribution < -0.4 is 15.5 Å². The Labute approximate surface area is 163 Å². The highest BCUT2D eigenvalue weighted by Gasteiger charge is 2.08. The Balaban J connectivity index is 1.63. The lowest BCUT2D eigenvalue weighted by Crippen LogP contribution is -2.37. The first kappa shape index (κ1) is 21.0. The van der Waals surface area contributed by atoms with E-state index >= 15 is 0 Å². The van der Waals surface area contributed by atoms with Gasteiger partial charge in [0.2, 0.25) is 0 Å². The molecule has 0 unspecified atom stereocenters. The van der Waals surface area contributed by atoms with Crippen LogP contribution in [0.15, 0.2) is 10.4 Å². The van der Waals surface area contributed by atoms with E-state index in [4.69, 9.17) is 0 Å². The summed E-state index contributed by atoms with van der Waals surface area (Å²) < 4.78 is 0. The largest absolute Gasteiger partial charge is 0.357 e. The van der Waals surface area contributed by atoms with Crippen molar-refractivity contribution in [1.82, 2.24) is 20.5 Å². The van der Waals surface area contributed by atoms with Crippen molar-refractivity contribution < 1.29 is 0 Å². The number of rotatable bonds is 10. The van der Waals surface area contributed by atoms with E-state index in [1.165, 1.54) is 58.2 Å². The Hall–Kier alpha value is -1.34. The summed E-state index contributed by atoms with van der Waals surface area (Å²) in [7, 11) is 4.03. The quantitative estimate of drug-likeness (QED) is 0.371. The van der Waals surface area contributed by atoms with Crippen molar-refractivity contribution in [1.29, 1.82) is 0 Å². The highest BCUT2D eigenvalue weighted by molar-refractivity contribution is 7.13. The maximum Gasteiger partial charge on any atom is 0.191 e. The van der Waals surface area contributed by atoms with Crippen LogP contribution in [0.25, 0.3) is 0 Å². The average molecular weight is 381 g/mol. The van der Waals surface area contributed by atoms with Gasteiger partial charge < -0.3 is 20.4 Å². The van der Waals surface area contributed by atoms with Crippen LogP contribution in [0.5, 0.6) is 0 Å². The molecule has 1 aliphatic heterocycles. The molecule has 0 aromatic carbocycles. The molecule has 26 heavy (non-hydrogen) atoms. The maximum absolute atomic E-state index is 4.66. The highest BCUT2D eigenvalue weighted by atomic mass is 32.1. The van der Waals surface area contributed by atoms with Gasteiger partial charge in [-0.05, 0) is 52.2 Å².